The van der Waals surface area contributed by atoms with Gasteiger partial charge in [-0.2, -0.15) is 0 Å². The predicted octanol–water partition coefficient (Wildman–Crippen LogP) is 15.2. The summed E-state index contributed by atoms with van der Waals surface area (Å²) in [5.41, 5.74) is 0.725. The number of Topliss-reactive ketones (excluding diaryl/α,β-unsaturated/α-hetero) is 2. The highest BCUT2D eigenvalue weighted by atomic mass is 35.6. The molecule has 87 heavy (non-hydrogen) atoms. The zero-order valence-electron chi connectivity index (χ0n) is 53.9. The average Bonchev–Trinajstić information content (AvgIpc) is 1.71. The van der Waals surface area contributed by atoms with Crippen LogP contribution in [0.15, 0.2) is 60.7 Å². The van der Waals surface area contributed by atoms with Gasteiger partial charge in [0.1, 0.15) is 23.8 Å². The summed E-state index contributed by atoms with van der Waals surface area (Å²) in [6, 6.07) is 17.4. The normalized spacial score (nSPS) is 40.0. The highest BCUT2D eigenvalue weighted by Crippen LogP contribution is 2.68. The number of nitrogens with one attached hydrogen (secondary N) is 1. The molecule has 0 spiro atoms. The maximum Gasteiger partial charge on any atom is 0.338 e. The second-order valence-corrected chi connectivity index (χ2v) is 30.3. The number of hydrogen-bond donors (Lipinski definition) is 2. The minimum absolute atomic E-state index is 0.0600. The van der Waals surface area contributed by atoms with Gasteiger partial charge in [0.2, 0.25) is 12.2 Å². The fraction of sp³-hybridized carbons (Fsp3) is 0.757. The molecule has 2 aromatic rings. The minimum atomic E-state index is -1.84. The van der Waals surface area contributed by atoms with Gasteiger partial charge in [-0.1, -0.05) is 161 Å². The maximum absolute atomic E-state index is 14.2. The van der Waals surface area contributed by atoms with Gasteiger partial charge < -0.3 is 43.0 Å². The van der Waals surface area contributed by atoms with E-state index >= 15 is 0 Å². The standard InChI is InChI=1S/C58H82O11.C12H20Cl3NO2/c1-10-47-34(4)35(5)50(61)55(66-47)65-41-26-28-57(8)40(30-41)23-24-42-43(57)27-29-58(9)44(42)31-46(60)49(58)36(6)45(59)25-22-33(3)32-64-56-52(69-54(63)39-20-16-13-17-21-39)51(37(7)48(11-2)67-56)68-53(62)38-18-14-12-15-19-38;1-5-9-7(3)6(2)8(4)10(17-9)18-11(16)12(13,14)15/h12-21,33-37,40-44,47-52,55-56,61H,10-11,22-32H2,1-9H3;6-10,16H,5H2,1-4H3/t33-,34-,35-,36+,37-,40?,41?,42?,43?,44?,47?,48?,49?,50?,51-,52?,55+,56+,57?,58?;6-,7-,8?,9?,10+/m00/s1. The SMILES string of the molecule is CCC1O[C@@H](OC2CCC3(C)C(CCC4C3CCC3(C)C4CC(=O)C3[C@H](C)C(=O)CC[C@H](C)CO[C@@H]3OC(CC)[C@H](C)[C@H](OC(=O)c4ccccc4)C3OC(=O)c3ccccc3)C2)C(O)[C@@H](C)[C@@H]1C.CCC1O[C@H](OC(=N)C(Cl)(Cl)Cl)C(C)[C@@H](C)[C@@H]1C. The second kappa shape index (κ2) is 29.6. The van der Waals surface area contributed by atoms with Crippen molar-refractivity contribution in [2.24, 2.45) is 87.8 Å². The van der Waals surface area contributed by atoms with Crippen LogP contribution in [-0.4, -0.2) is 107 Å². The third-order valence-electron chi connectivity index (χ3n) is 23.0. The molecule has 3 aliphatic heterocycles. The summed E-state index contributed by atoms with van der Waals surface area (Å²) in [6.45, 7) is 27.9. The Morgan fingerprint density at radius 2 is 1.21 bits per heavy atom. The van der Waals surface area contributed by atoms with Crippen LogP contribution < -0.4 is 0 Å². The summed E-state index contributed by atoms with van der Waals surface area (Å²) in [7, 11) is 0. The Labute approximate surface area is 534 Å². The van der Waals surface area contributed by atoms with E-state index < -0.39 is 52.9 Å². The average molecular weight is 1270 g/mol. The molecule has 25 atom stereocenters. The van der Waals surface area contributed by atoms with Crippen LogP contribution in [-0.2, 0) is 47.5 Å². The fourth-order valence-electron chi connectivity index (χ4n) is 17.0. The first kappa shape index (κ1) is 69.7. The van der Waals surface area contributed by atoms with Crippen LogP contribution in [0, 0.1) is 93.2 Å². The lowest BCUT2D eigenvalue weighted by Gasteiger charge is -2.61. The Balaban J connectivity index is 0.000000468. The number of carbonyl (C=O) groups is 4. The Kier molecular flexibility index (Phi) is 23.7. The predicted molar refractivity (Wildman–Crippen MR) is 337 cm³/mol. The number of alkyl halides is 3. The van der Waals surface area contributed by atoms with Crippen LogP contribution in [0.5, 0.6) is 0 Å². The van der Waals surface area contributed by atoms with Crippen LogP contribution in [0.25, 0.3) is 0 Å². The second-order valence-electron chi connectivity index (χ2n) is 28.0. The third-order valence-corrected chi connectivity index (χ3v) is 23.5. The highest BCUT2D eigenvalue weighted by molar-refractivity contribution is 6.76. The van der Waals surface area contributed by atoms with Crippen LogP contribution in [0.3, 0.4) is 0 Å². The molecule has 0 radical (unpaired) electrons. The van der Waals surface area contributed by atoms with E-state index in [-0.39, 0.29) is 107 Å². The van der Waals surface area contributed by atoms with Gasteiger partial charge in [0.15, 0.2) is 18.7 Å². The molecule has 486 valence electrons. The van der Waals surface area contributed by atoms with E-state index in [1.807, 2.05) is 46.8 Å². The van der Waals surface area contributed by atoms with E-state index in [0.29, 0.717) is 66.4 Å². The van der Waals surface area contributed by atoms with Gasteiger partial charge in [-0.3, -0.25) is 15.0 Å². The van der Waals surface area contributed by atoms with Crippen molar-refractivity contribution >= 4 is 64.2 Å². The maximum atomic E-state index is 14.2. The van der Waals surface area contributed by atoms with E-state index in [0.717, 1.165) is 57.8 Å². The molecule has 2 aromatic carbocycles. The first-order valence-corrected chi connectivity index (χ1v) is 34.1. The first-order valence-electron chi connectivity index (χ1n) is 33.0. The third kappa shape index (κ3) is 15.3. The van der Waals surface area contributed by atoms with Crippen molar-refractivity contribution in [3.05, 3.63) is 71.8 Å². The number of ether oxygens (including phenoxy) is 8. The van der Waals surface area contributed by atoms with Gasteiger partial charge in [-0.05, 0) is 159 Å². The van der Waals surface area contributed by atoms with Gasteiger partial charge in [0.05, 0.1) is 42.1 Å². The number of aliphatic hydroxyl groups is 1. The number of halogens is 3. The van der Waals surface area contributed by atoms with Gasteiger partial charge >= 0.3 is 11.9 Å². The number of ketones is 2. The summed E-state index contributed by atoms with van der Waals surface area (Å²) < 4.78 is 47.6. The first-order chi connectivity index (χ1) is 41.2. The molecule has 17 heteroatoms. The molecular weight excluding hydrogens is 1170 g/mol. The molecule has 3 heterocycles. The number of benzene rings is 2. The van der Waals surface area contributed by atoms with Crippen LogP contribution in [0.2, 0.25) is 0 Å². The number of carbonyl (C=O) groups excluding carboxylic acids is 4. The number of aliphatic hydroxyl groups excluding tert-OH is 1. The molecule has 0 bridgehead atoms. The molecule has 3 saturated heterocycles. The van der Waals surface area contributed by atoms with Crippen LogP contribution >= 0.6 is 34.8 Å². The zero-order valence-corrected chi connectivity index (χ0v) is 56.2. The van der Waals surface area contributed by atoms with Gasteiger partial charge in [0, 0.05) is 36.5 Å². The minimum Gasteiger partial charge on any atom is -0.454 e. The lowest BCUT2D eigenvalue weighted by molar-refractivity contribution is -0.291. The van der Waals surface area contributed by atoms with Crippen molar-refractivity contribution in [2.45, 2.75) is 239 Å². The van der Waals surface area contributed by atoms with Gasteiger partial charge in [0.25, 0.3) is 3.79 Å². The van der Waals surface area contributed by atoms with E-state index in [4.69, 9.17) is 78.1 Å². The monoisotopic (exact) mass is 1270 g/mol. The van der Waals surface area contributed by atoms with Crippen molar-refractivity contribution < 1.29 is 62.2 Å². The quantitative estimate of drug-likeness (QED) is 0.0472. The number of esters is 2. The molecule has 14 unspecified atom stereocenters. The Morgan fingerprint density at radius 3 is 1.79 bits per heavy atom. The summed E-state index contributed by atoms with van der Waals surface area (Å²) >= 11 is 16.8. The molecule has 0 aromatic heterocycles. The summed E-state index contributed by atoms with van der Waals surface area (Å²) in [6.07, 6.45) is 6.54. The molecule has 9 rings (SSSR count). The molecule has 7 aliphatic rings. The van der Waals surface area contributed by atoms with Crippen LogP contribution in [0.1, 0.15) is 194 Å². The van der Waals surface area contributed by atoms with Crippen molar-refractivity contribution in [3.8, 4) is 0 Å². The molecule has 4 aliphatic carbocycles. The van der Waals surface area contributed by atoms with E-state index in [9.17, 15) is 24.3 Å². The summed E-state index contributed by atoms with van der Waals surface area (Å²) in [5, 5.41) is 18.7. The smallest absolute Gasteiger partial charge is 0.338 e. The van der Waals surface area contributed by atoms with Crippen molar-refractivity contribution in [1.82, 2.24) is 0 Å². The summed E-state index contributed by atoms with van der Waals surface area (Å²) in [5.74, 6) is 1.17. The lowest BCUT2D eigenvalue weighted by atomic mass is 9.44. The summed E-state index contributed by atoms with van der Waals surface area (Å²) in [4.78, 5) is 55.4. The molecule has 4 saturated carbocycles. The van der Waals surface area contributed by atoms with Crippen molar-refractivity contribution in [2.75, 3.05) is 6.61 Å². The van der Waals surface area contributed by atoms with E-state index in [1.165, 1.54) is 0 Å². The molecule has 0 amide bonds. The highest BCUT2D eigenvalue weighted by Gasteiger charge is 2.64. The Bertz CT molecular complexity index is 2620. The fourth-order valence-corrected chi connectivity index (χ4v) is 17.1. The molecule has 14 nitrogen and oxygen atoms in total. The zero-order chi connectivity index (χ0) is 63.4. The molecule has 2 N–H and O–H groups in total. The number of fused-ring (bicyclic) bond motifs is 5. The van der Waals surface area contributed by atoms with E-state index in [2.05, 4.69) is 55.4 Å². The van der Waals surface area contributed by atoms with Gasteiger partial charge in [-0.15, -0.1) is 0 Å². The Morgan fingerprint density at radius 1 is 0.667 bits per heavy atom. The van der Waals surface area contributed by atoms with Crippen LogP contribution in [0.4, 0.5) is 0 Å². The largest absolute Gasteiger partial charge is 0.454 e. The van der Waals surface area contributed by atoms with Crippen molar-refractivity contribution in [3.63, 3.8) is 0 Å². The number of hydrogen-bond acceptors (Lipinski definition) is 14. The van der Waals surface area contributed by atoms with E-state index in [1.54, 1.807) is 48.5 Å². The molecular formula is C70H102Cl3NO13. The van der Waals surface area contributed by atoms with Crippen molar-refractivity contribution in [1.29, 1.82) is 5.41 Å². The topological polar surface area (TPSA) is 186 Å². The lowest BCUT2D eigenvalue weighted by Crippen LogP contribution is -2.57. The Hall–Kier alpha value is -3.18. The number of rotatable bonds is 18. The molecule has 7 fully saturated rings. The van der Waals surface area contributed by atoms with Gasteiger partial charge in [-0.25, -0.2) is 9.59 Å².